The lowest BCUT2D eigenvalue weighted by atomic mass is 10.0. The van der Waals surface area contributed by atoms with Gasteiger partial charge in [-0.05, 0) is 98.0 Å². The molecule has 0 aliphatic heterocycles. The number of fused-ring (bicyclic) bond motifs is 4. The largest absolute Gasteiger partial charge is 0.355 e. The Morgan fingerprint density at radius 1 is 0.814 bits per heavy atom. The predicted octanol–water partition coefficient (Wildman–Crippen LogP) is 10.8. The zero-order valence-corrected chi connectivity index (χ0v) is 24.7. The summed E-state index contributed by atoms with van der Waals surface area (Å²) in [6, 6.07) is 32.6. The molecular formula is C40H35N3. The van der Waals surface area contributed by atoms with E-state index in [2.05, 4.69) is 169 Å². The third-order valence-electron chi connectivity index (χ3n) is 8.46. The highest BCUT2D eigenvalue weighted by Crippen LogP contribution is 2.35. The van der Waals surface area contributed by atoms with Gasteiger partial charge in [0.05, 0.1) is 22.2 Å². The van der Waals surface area contributed by atoms with Crippen LogP contribution in [-0.4, -0.2) is 9.13 Å². The molecule has 3 nitrogen and oxygen atoms in total. The van der Waals surface area contributed by atoms with Crippen molar-refractivity contribution in [1.29, 1.82) is 0 Å². The van der Waals surface area contributed by atoms with Gasteiger partial charge in [-0.25, -0.2) is 0 Å². The van der Waals surface area contributed by atoms with Crippen LogP contribution in [0.15, 0.2) is 146 Å². The Hall–Kier alpha value is -5.28. The van der Waals surface area contributed by atoms with Gasteiger partial charge in [-0.1, -0.05) is 79.4 Å². The molecule has 1 N–H and O–H groups in total. The Kier molecular flexibility index (Phi) is 6.92. The molecule has 0 saturated heterocycles. The summed E-state index contributed by atoms with van der Waals surface area (Å²) in [5.41, 5.74) is 11.6. The molecule has 210 valence electrons. The summed E-state index contributed by atoms with van der Waals surface area (Å²) in [4.78, 5) is 0. The van der Waals surface area contributed by atoms with Crippen molar-refractivity contribution in [2.24, 2.45) is 0 Å². The van der Waals surface area contributed by atoms with Crippen LogP contribution in [0.4, 0.5) is 5.69 Å². The van der Waals surface area contributed by atoms with E-state index in [9.17, 15) is 0 Å². The molecule has 0 amide bonds. The van der Waals surface area contributed by atoms with E-state index in [-0.39, 0.29) is 0 Å². The molecule has 1 aliphatic rings. The van der Waals surface area contributed by atoms with E-state index in [0.29, 0.717) is 0 Å². The van der Waals surface area contributed by atoms with Crippen LogP contribution in [0.2, 0.25) is 0 Å². The third kappa shape index (κ3) is 4.83. The molecular weight excluding hydrogens is 522 g/mol. The highest BCUT2D eigenvalue weighted by atomic mass is 15.0. The number of hydrogen-bond donors (Lipinski definition) is 1. The quantitative estimate of drug-likeness (QED) is 0.194. The van der Waals surface area contributed by atoms with Gasteiger partial charge in [-0.2, -0.15) is 0 Å². The van der Waals surface area contributed by atoms with E-state index < -0.39 is 0 Å². The van der Waals surface area contributed by atoms with Gasteiger partial charge in [0.1, 0.15) is 0 Å². The van der Waals surface area contributed by atoms with Crippen LogP contribution in [0.3, 0.4) is 0 Å². The predicted molar refractivity (Wildman–Crippen MR) is 186 cm³/mol. The summed E-state index contributed by atoms with van der Waals surface area (Å²) in [6.45, 7) is 8.61. The van der Waals surface area contributed by atoms with Crippen LogP contribution in [0, 0.1) is 6.92 Å². The SMILES string of the molecule is C=C(/C=C\C(=C/C)c1ccc2c(c1)c1ccccc1n2-c1ccccc1)Nc1c(C)ccc2c1ccn2C1=CC=CCC1. The van der Waals surface area contributed by atoms with E-state index in [1.54, 1.807) is 0 Å². The minimum Gasteiger partial charge on any atom is -0.355 e. The smallest absolute Gasteiger partial charge is 0.0546 e. The molecule has 0 bridgehead atoms. The second-order valence-corrected chi connectivity index (χ2v) is 11.1. The summed E-state index contributed by atoms with van der Waals surface area (Å²) in [5.74, 6) is 0. The van der Waals surface area contributed by atoms with Gasteiger partial charge in [-0.3, -0.25) is 0 Å². The van der Waals surface area contributed by atoms with Gasteiger partial charge >= 0.3 is 0 Å². The molecule has 1 aliphatic carbocycles. The van der Waals surface area contributed by atoms with Gasteiger partial charge in [0, 0.05) is 39.4 Å². The zero-order chi connectivity index (χ0) is 29.3. The van der Waals surface area contributed by atoms with Crippen LogP contribution in [0.25, 0.3) is 49.7 Å². The van der Waals surface area contributed by atoms with Crippen LogP contribution in [-0.2, 0) is 0 Å². The van der Waals surface area contributed by atoms with Gasteiger partial charge in [0.15, 0.2) is 0 Å². The lowest BCUT2D eigenvalue weighted by molar-refractivity contribution is 0.963. The highest BCUT2D eigenvalue weighted by molar-refractivity contribution is 6.10. The van der Waals surface area contributed by atoms with Crippen LogP contribution >= 0.6 is 0 Å². The number of nitrogens with zero attached hydrogens (tertiary/aromatic N) is 2. The molecule has 2 aromatic heterocycles. The van der Waals surface area contributed by atoms with E-state index in [1.807, 2.05) is 0 Å². The Labute approximate surface area is 253 Å². The fourth-order valence-corrected chi connectivity index (χ4v) is 6.29. The average Bonchev–Trinajstić information content (AvgIpc) is 3.63. The number of benzene rings is 4. The summed E-state index contributed by atoms with van der Waals surface area (Å²) < 4.78 is 4.66. The van der Waals surface area contributed by atoms with Crippen LogP contribution in [0.1, 0.15) is 30.9 Å². The van der Waals surface area contributed by atoms with Crippen molar-refractivity contribution >= 4 is 49.7 Å². The molecule has 0 saturated carbocycles. The van der Waals surface area contributed by atoms with Gasteiger partial charge in [0.25, 0.3) is 0 Å². The van der Waals surface area contributed by atoms with E-state index in [0.717, 1.165) is 29.8 Å². The van der Waals surface area contributed by atoms with Crippen LogP contribution in [0.5, 0.6) is 0 Å². The fraction of sp³-hybridized carbons (Fsp3) is 0.100. The molecule has 0 fully saturated rings. The first-order valence-corrected chi connectivity index (χ1v) is 15.0. The minimum absolute atomic E-state index is 0.851. The first kappa shape index (κ1) is 26.6. The molecule has 6 aromatic rings. The standard InChI is InChI=1S/C40H35N3/c1-4-30(31-22-24-39-36(27-31)34-17-11-12-18-38(34)43(39)33-15-9-6-10-16-33)21-20-29(3)41-40-28(2)19-23-37-35(40)25-26-42(37)32-13-7-5-8-14-32/h4-7,9-13,15-27,41H,3,8,14H2,1-2H3/b21-20-,30-4+. The molecule has 43 heavy (non-hydrogen) atoms. The summed E-state index contributed by atoms with van der Waals surface area (Å²) in [6.07, 6.45) is 17.3. The second-order valence-electron chi connectivity index (χ2n) is 11.1. The summed E-state index contributed by atoms with van der Waals surface area (Å²) >= 11 is 0. The fourth-order valence-electron chi connectivity index (χ4n) is 6.29. The monoisotopic (exact) mass is 557 g/mol. The van der Waals surface area contributed by atoms with Crippen molar-refractivity contribution in [3.63, 3.8) is 0 Å². The Balaban J connectivity index is 1.19. The number of hydrogen-bond acceptors (Lipinski definition) is 1. The molecule has 0 atom stereocenters. The maximum absolute atomic E-state index is 4.37. The van der Waals surface area contributed by atoms with Crippen molar-refractivity contribution in [3.8, 4) is 5.69 Å². The molecule has 3 heteroatoms. The summed E-state index contributed by atoms with van der Waals surface area (Å²) in [5, 5.41) is 7.32. The van der Waals surface area contributed by atoms with E-state index in [1.165, 1.54) is 55.2 Å². The lowest BCUT2D eigenvalue weighted by Gasteiger charge is -2.15. The Morgan fingerprint density at radius 2 is 1.60 bits per heavy atom. The number of nitrogens with one attached hydrogen (secondary N) is 1. The number of allylic oxidation sites excluding steroid dienone is 8. The number of aryl methyl sites for hydroxylation is 1. The van der Waals surface area contributed by atoms with Crippen molar-refractivity contribution in [3.05, 3.63) is 157 Å². The van der Waals surface area contributed by atoms with Crippen molar-refractivity contribution in [2.45, 2.75) is 26.7 Å². The third-order valence-corrected chi connectivity index (χ3v) is 8.46. The van der Waals surface area contributed by atoms with E-state index >= 15 is 0 Å². The topological polar surface area (TPSA) is 21.9 Å². The Bertz CT molecular complexity index is 2130. The van der Waals surface area contributed by atoms with Gasteiger partial charge in [-0.15, -0.1) is 0 Å². The molecule has 0 spiro atoms. The normalized spacial score (nSPS) is 13.8. The number of aromatic nitrogens is 2. The number of anilines is 1. The molecule has 0 unspecified atom stereocenters. The maximum atomic E-state index is 4.37. The van der Waals surface area contributed by atoms with Crippen molar-refractivity contribution < 1.29 is 0 Å². The highest BCUT2D eigenvalue weighted by Gasteiger charge is 2.14. The molecule has 7 rings (SSSR count). The Morgan fingerprint density at radius 3 is 2.42 bits per heavy atom. The van der Waals surface area contributed by atoms with Crippen molar-refractivity contribution in [2.75, 3.05) is 5.32 Å². The van der Waals surface area contributed by atoms with Gasteiger partial charge < -0.3 is 14.5 Å². The number of para-hydroxylation sites is 2. The first-order chi connectivity index (χ1) is 21.1. The lowest BCUT2D eigenvalue weighted by Crippen LogP contribution is -2.00. The second kappa shape index (κ2) is 11.2. The van der Waals surface area contributed by atoms with E-state index in [4.69, 9.17) is 0 Å². The van der Waals surface area contributed by atoms with Crippen molar-refractivity contribution in [1.82, 2.24) is 9.13 Å². The average molecular weight is 558 g/mol. The number of rotatable bonds is 7. The zero-order valence-electron chi connectivity index (χ0n) is 24.7. The molecule has 0 radical (unpaired) electrons. The van der Waals surface area contributed by atoms with Gasteiger partial charge in [0.2, 0.25) is 0 Å². The first-order valence-electron chi connectivity index (χ1n) is 15.0. The minimum atomic E-state index is 0.851. The molecule has 2 heterocycles. The maximum Gasteiger partial charge on any atom is 0.0546 e. The van der Waals surface area contributed by atoms with Crippen LogP contribution < -0.4 is 5.32 Å². The summed E-state index contributed by atoms with van der Waals surface area (Å²) in [7, 11) is 0. The molecule has 4 aromatic carbocycles.